The molecular formula is C19H21ClN2O3S. The Morgan fingerprint density at radius 2 is 1.81 bits per heavy atom. The van der Waals surface area contributed by atoms with Crippen LogP contribution in [0.4, 0.5) is 5.69 Å². The number of nitrogens with one attached hydrogen (secondary N) is 1. The van der Waals surface area contributed by atoms with Crippen LogP contribution in [0.2, 0.25) is 5.02 Å². The zero-order chi connectivity index (χ0) is 18.7. The Labute approximate surface area is 159 Å². The highest BCUT2D eigenvalue weighted by Crippen LogP contribution is 2.25. The lowest BCUT2D eigenvalue weighted by molar-refractivity contribution is 0.0935. The fourth-order valence-corrected chi connectivity index (χ4v) is 4.76. The van der Waals surface area contributed by atoms with E-state index in [0.717, 1.165) is 12.0 Å². The zero-order valence-electron chi connectivity index (χ0n) is 14.5. The van der Waals surface area contributed by atoms with Gasteiger partial charge in [-0.1, -0.05) is 30.7 Å². The number of amides is 1. The molecule has 5 nitrogen and oxygen atoms in total. The molecule has 0 saturated carbocycles. The van der Waals surface area contributed by atoms with Crippen molar-refractivity contribution in [2.45, 2.75) is 25.8 Å². The summed E-state index contributed by atoms with van der Waals surface area (Å²) in [5, 5.41) is 3.67. The van der Waals surface area contributed by atoms with Gasteiger partial charge in [0.2, 0.25) is 10.0 Å². The first kappa shape index (κ1) is 18.7. The van der Waals surface area contributed by atoms with E-state index in [0.29, 0.717) is 29.2 Å². The van der Waals surface area contributed by atoms with Gasteiger partial charge in [-0.25, -0.2) is 8.42 Å². The van der Waals surface area contributed by atoms with Crippen LogP contribution in [0.25, 0.3) is 0 Å². The van der Waals surface area contributed by atoms with Gasteiger partial charge in [-0.3, -0.25) is 9.10 Å². The largest absolute Gasteiger partial charge is 0.345 e. The van der Waals surface area contributed by atoms with Gasteiger partial charge in [0.05, 0.1) is 17.5 Å². The molecule has 2 aromatic carbocycles. The third kappa shape index (κ3) is 4.02. The van der Waals surface area contributed by atoms with Gasteiger partial charge in [-0.2, -0.15) is 0 Å². The Hall–Kier alpha value is -2.05. The second-order valence-corrected chi connectivity index (χ2v) is 8.72. The monoisotopic (exact) mass is 392 g/mol. The Bertz CT molecular complexity index is 880. The first-order valence-electron chi connectivity index (χ1n) is 8.57. The number of carbonyl (C=O) groups is 1. The minimum atomic E-state index is -3.21. The summed E-state index contributed by atoms with van der Waals surface area (Å²) in [5.74, 6) is -0.0169. The molecular weight excluding hydrogens is 372 g/mol. The maximum atomic E-state index is 12.5. The summed E-state index contributed by atoms with van der Waals surface area (Å²) < 4.78 is 25.4. The van der Waals surface area contributed by atoms with E-state index in [2.05, 4.69) is 5.32 Å². The summed E-state index contributed by atoms with van der Waals surface area (Å²) in [6.45, 7) is 2.49. The molecule has 3 rings (SSSR count). The van der Waals surface area contributed by atoms with E-state index in [4.69, 9.17) is 11.6 Å². The summed E-state index contributed by atoms with van der Waals surface area (Å²) >= 11 is 5.92. The minimum Gasteiger partial charge on any atom is -0.345 e. The van der Waals surface area contributed by atoms with E-state index in [1.807, 2.05) is 19.1 Å². The summed E-state index contributed by atoms with van der Waals surface area (Å²) in [4.78, 5) is 12.5. The normalized spacial score (nSPS) is 17.1. The standard InChI is InChI=1S/C19H21ClN2O3S/c1-2-18(14-4-8-16(20)9-5-14)21-19(23)15-6-10-17(11-7-15)22-12-3-13-26(22,24)25/h4-11,18H,2-3,12-13H2,1H3,(H,21,23). The van der Waals surface area contributed by atoms with Crippen molar-refractivity contribution in [3.63, 3.8) is 0 Å². The van der Waals surface area contributed by atoms with Crippen molar-refractivity contribution in [3.8, 4) is 0 Å². The van der Waals surface area contributed by atoms with Gasteiger partial charge in [0.15, 0.2) is 0 Å². The van der Waals surface area contributed by atoms with Gasteiger partial charge in [0, 0.05) is 17.1 Å². The van der Waals surface area contributed by atoms with Gasteiger partial charge >= 0.3 is 0 Å². The van der Waals surface area contributed by atoms with Crippen molar-refractivity contribution in [2.24, 2.45) is 0 Å². The topological polar surface area (TPSA) is 66.5 Å². The molecule has 0 spiro atoms. The van der Waals surface area contributed by atoms with E-state index >= 15 is 0 Å². The molecule has 1 heterocycles. The Morgan fingerprint density at radius 1 is 1.15 bits per heavy atom. The van der Waals surface area contributed by atoms with E-state index < -0.39 is 10.0 Å². The van der Waals surface area contributed by atoms with Crippen molar-refractivity contribution < 1.29 is 13.2 Å². The lowest BCUT2D eigenvalue weighted by Crippen LogP contribution is -2.28. The Kier molecular flexibility index (Phi) is 5.53. The average molecular weight is 393 g/mol. The second kappa shape index (κ2) is 7.68. The zero-order valence-corrected chi connectivity index (χ0v) is 16.1. The van der Waals surface area contributed by atoms with Crippen molar-refractivity contribution in [1.29, 1.82) is 0 Å². The molecule has 1 N–H and O–H groups in total. The molecule has 0 bridgehead atoms. The minimum absolute atomic E-state index is 0.113. The molecule has 1 aliphatic heterocycles. The average Bonchev–Trinajstić information content (AvgIpc) is 2.99. The maximum absolute atomic E-state index is 12.5. The van der Waals surface area contributed by atoms with E-state index in [-0.39, 0.29) is 17.7 Å². The SMILES string of the molecule is CCC(NC(=O)c1ccc(N2CCCS2(=O)=O)cc1)c1ccc(Cl)cc1. The summed E-state index contributed by atoms with van der Waals surface area (Å²) in [6, 6.07) is 14.0. The molecule has 0 radical (unpaired) electrons. The van der Waals surface area contributed by atoms with Gasteiger partial charge in [-0.05, 0) is 54.8 Å². The number of hydrogen-bond donors (Lipinski definition) is 1. The van der Waals surface area contributed by atoms with E-state index in [1.165, 1.54) is 4.31 Å². The van der Waals surface area contributed by atoms with Gasteiger partial charge in [0.1, 0.15) is 0 Å². The van der Waals surface area contributed by atoms with Crippen LogP contribution in [0, 0.1) is 0 Å². The van der Waals surface area contributed by atoms with Crippen molar-refractivity contribution in [3.05, 3.63) is 64.7 Å². The molecule has 1 fully saturated rings. The molecule has 26 heavy (non-hydrogen) atoms. The number of sulfonamides is 1. The van der Waals surface area contributed by atoms with Gasteiger partial charge < -0.3 is 5.32 Å². The van der Waals surface area contributed by atoms with Crippen LogP contribution in [-0.2, 0) is 10.0 Å². The molecule has 0 aliphatic carbocycles. The second-order valence-electron chi connectivity index (χ2n) is 6.27. The Morgan fingerprint density at radius 3 is 2.35 bits per heavy atom. The maximum Gasteiger partial charge on any atom is 0.251 e. The number of carbonyl (C=O) groups excluding carboxylic acids is 1. The molecule has 0 aromatic heterocycles. The van der Waals surface area contributed by atoms with Gasteiger partial charge in [0.25, 0.3) is 5.91 Å². The predicted octanol–water partition coefficient (Wildman–Crippen LogP) is 3.76. The molecule has 1 unspecified atom stereocenters. The third-order valence-electron chi connectivity index (χ3n) is 4.50. The quantitative estimate of drug-likeness (QED) is 0.842. The number of hydrogen-bond acceptors (Lipinski definition) is 3. The van der Waals surface area contributed by atoms with Crippen LogP contribution >= 0.6 is 11.6 Å². The Balaban J connectivity index is 1.72. The molecule has 1 saturated heterocycles. The summed E-state index contributed by atoms with van der Waals surface area (Å²) in [6.07, 6.45) is 1.38. The van der Waals surface area contributed by atoms with Crippen LogP contribution < -0.4 is 9.62 Å². The van der Waals surface area contributed by atoms with Crippen LogP contribution in [0.3, 0.4) is 0 Å². The summed E-state index contributed by atoms with van der Waals surface area (Å²) in [5.41, 5.74) is 2.09. The smallest absolute Gasteiger partial charge is 0.251 e. The van der Waals surface area contributed by atoms with Crippen molar-refractivity contribution in [1.82, 2.24) is 5.32 Å². The third-order valence-corrected chi connectivity index (χ3v) is 6.62. The van der Waals surface area contributed by atoms with E-state index in [1.54, 1.807) is 36.4 Å². The van der Waals surface area contributed by atoms with Crippen LogP contribution in [0.15, 0.2) is 48.5 Å². The number of halogens is 1. The number of nitrogens with zero attached hydrogens (tertiary/aromatic N) is 1. The highest BCUT2D eigenvalue weighted by atomic mass is 35.5. The van der Waals surface area contributed by atoms with Crippen LogP contribution in [-0.4, -0.2) is 26.6 Å². The molecule has 138 valence electrons. The lowest BCUT2D eigenvalue weighted by Gasteiger charge is -2.19. The van der Waals surface area contributed by atoms with Crippen molar-refractivity contribution >= 4 is 33.2 Å². The molecule has 1 aliphatic rings. The lowest BCUT2D eigenvalue weighted by atomic mass is 10.0. The fraction of sp³-hybridized carbons (Fsp3) is 0.316. The molecule has 1 atom stereocenters. The van der Waals surface area contributed by atoms with E-state index in [9.17, 15) is 13.2 Å². The number of anilines is 1. The summed E-state index contributed by atoms with van der Waals surface area (Å²) in [7, 11) is -3.21. The first-order valence-corrected chi connectivity index (χ1v) is 10.6. The van der Waals surface area contributed by atoms with Gasteiger partial charge in [-0.15, -0.1) is 0 Å². The number of rotatable bonds is 5. The highest BCUT2D eigenvalue weighted by Gasteiger charge is 2.28. The fourth-order valence-electron chi connectivity index (χ4n) is 3.07. The number of benzene rings is 2. The molecule has 1 amide bonds. The predicted molar refractivity (Wildman–Crippen MR) is 104 cm³/mol. The van der Waals surface area contributed by atoms with Crippen molar-refractivity contribution in [2.75, 3.05) is 16.6 Å². The van der Waals surface area contributed by atoms with Crippen LogP contribution in [0.5, 0.6) is 0 Å². The first-order chi connectivity index (χ1) is 12.4. The molecule has 7 heteroatoms. The van der Waals surface area contributed by atoms with Crippen LogP contribution in [0.1, 0.15) is 41.7 Å². The highest BCUT2D eigenvalue weighted by molar-refractivity contribution is 7.93. The molecule has 2 aromatic rings.